The zero-order valence-electron chi connectivity index (χ0n) is 12.1. The minimum Gasteiger partial charge on any atom is -0.480 e. The highest BCUT2D eigenvalue weighted by atomic mass is 16.6. The van der Waals surface area contributed by atoms with Crippen molar-refractivity contribution in [2.75, 3.05) is 6.54 Å². The molecule has 5 heteroatoms. The first-order valence-electron chi connectivity index (χ1n) is 6.91. The number of carbonyl (C=O) groups is 2. The van der Waals surface area contributed by atoms with E-state index in [1.165, 1.54) is 4.90 Å². The van der Waals surface area contributed by atoms with Crippen molar-refractivity contribution in [3.63, 3.8) is 0 Å². The van der Waals surface area contributed by atoms with Crippen LogP contribution in [0.2, 0.25) is 0 Å². The minimum atomic E-state index is -0.926. The summed E-state index contributed by atoms with van der Waals surface area (Å²) in [7, 11) is 0. The Morgan fingerprint density at radius 3 is 2.42 bits per heavy atom. The quantitative estimate of drug-likeness (QED) is 0.836. The van der Waals surface area contributed by atoms with Gasteiger partial charge in [0.25, 0.3) is 0 Å². The van der Waals surface area contributed by atoms with E-state index in [4.69, 9.17) is 4.74 Å². The zero-order chi connectivity index (χ0) is 14.4. The summed E-state index contributed by atoms with van der Waals surface area (Å²) in [4.78, 5) is 24.9. The van der Waals surface area contributed by atoms with E-state index in [-0.39, 0.29) is 5.41 Å². The summed E-state index contributed by atoms with van der Waals surface area (Å²) in [6, 6.07) is -0.730. The molecule has 108 valence electrons. The lowest BCUT2D eigenvalue weighted by molar-refractivity contribution is -0.142. The van der Waals surface area contributed by atoms with Gasteiger partial charge in [0.05, 0.1) is 0 Å². The maximum absolute atomic E-state index is 12.1. The molecule has 0 unspecified atom stereocenters. The third-order valence-electron chi connectivity index (χ3n) is 4.23. The first kappa shape index (κ1) is 14.2. The average Bonchev–Trinajstić information content (AvgIpc) is 2.76. The average molecular weight is 269 g/mol. The second-order valence-corrected chi connectivity index (χ2v) is 6.84. The first-order valence-corrected chi connectivity index (χ1v) is 6.91. The molecule has 1 amide bonds. The fraction of sp³-hybridized carbons (Fsp3) is 0.857. The van der Waals surface area contributed by atoms with Gasteiger partial charge in [-0.3, -0.25) is 4.90 Å². The summed E-state index contributed by atoms with van der Waals surface area (Å²) < 4.78 is 5.32. The van der Waals surface area contributed by atoms with Crippen LogP contribution in [0.4, 0.5) is 4.79 Å². The predicted molar refractivity (Wildman–Crippen MR) is 69.8 cm³/mol. The Morgan fingerprint density at radius 1 is 1.37 bits per heavy atom. The molecule has 3 atom stereocenters. The van der Waals surface area contributed by atoms with E-state index < -0.39 is 23.7 Å². The molecular weight excluding hydrogens is 246 g/mol. The minimum absolute atomic E-state index is 0.0364. The Kier molecular flexibility index (Phi) is 3.27. The Balaban J connectivity index is 2.10. The summed E-state index contributed by atoms with van der Waals surface area (Å²) >= 11 is 0. The summed E-state index contributed by atoms with van der Waals surface area (Å²) in [5, 5.41) is 9.30. The fourth-order valence-corrected chi connectivity index (χ4v) is 3.20. The van der Waals surface area contributed by atoms with Crippen LogP contribution in [0.1, 0.15) is 47.0 Å². The van der Waals surface area contributed by atoms with Crippen LogP contribution in [0.5, 0.6) is 0 Å². The van der Waals surface area contributed by atoms with Crippen molar-refractivity contribution in [3.05, 3.63) is 0 Å². The fourth-order valence-electron chi connectivity index (χ4n) is 3.20. The molecule has 5 nitrogen and oxygen atoms in total. The number of amides is 1. The SMILES string of the molecule is CC[C@@H]1C[C@]12C[C@@H](C(=O)O)N(C(=O)OC(C)(C)C)C2. The summed E-state index contributed by atoms with van der Waals surface area (Å²) in [6.07, 6.45) is 2.15. The molecule has 19 heavy (non-hydrogen) atoms. The van der Waals surface area contributed by atoms with Crippen LogP contribution in [0, 0.1) is 11.3 Å². The zero-order valence-corrected chi connectivity index (χ0v) is 12.1. The van der Waals surface area contributed by atoms with E-state index >= 15 is 0 Å². The van der Waals surface area contributed by atoms with Crippen molar-refractivity contribution in [2.45, 2.75) is 58.6 Å². The molecule has 0 radical (unpaired) electrons. The van der Waals surface area contributed by atoms with E-state index in [1.807, 2.05) is 0 Å². The summed E-state index contributed by atoms with van der Waals surface area (Å²) in [6.45, 7) is 8.01. The predicted octanol–water partition coefficient (Wildman–Crippen LogP) is 2.50. The lowest BCUT2D eigenvalue weighted by Crippen LogP contribution is -2.43. The molecule has 0 aromatic heterocycles. The van der Waals surface area contributed by atoms with Crippen molar-refractivity contribution < 1.29 is 19.4 Å². The van der Waals surface area contributed by atoms with Gasteiger partial charge >= 0.3 is 12.1 Å². The molecule has 1 aliphatic carbocycles. The van der Waals surface area contributed by atoms with Gasteiger partial charge in [0.2, 0.25) is 0 Å². The molecule has 2 fully saturated rings. The maximum atomic E-state index is 12.1. The number of nitrogens with zero attached hydrogens (tertiary/aromatic N) is 1. The summed E-state index contributed by atoms with van der Waals surface area (Å²) in [5.41, 5.74) is -0.557. The number of carboxylic acid groups (broad SMARTS) is 1. The third kappa shape index (κ3) is 2.69. The number of hydrogen-bond donors (Lipinski definition) is 1. The molecule has 1 N–H and O–H groups in total. The Bertz CT molecular complexity index is 401. The molecular formula is C14H23NO4. The van der Waals surface area contributed by atoms with Crippen LogP contribution < -0.4 is 0 Å². The number of hydrogen-bond acceptors (Lipinski definition) is 3. The normalized spacial score (nSPS) is 33.6. The van der Waals surface area contributed by atoms with Crippen LogP contribution >= 0.6 is 0 Å². The molecule has 1 heterocycles. The van der Waals surface area contributed by atoms with E-state index in [9.17, 15) is 14.7 Å². The van der Waals surface area contributed by atoms with Gasteiger partial charge in [0.15, 0.2) is 0 Å². The van der Waals surface area contributed by atoms with Crippen molar-refractivity contribution in [3.8, 4) is 0 Å². The van der Waals surface area contributed by atoms with Crippen LogP contribution in [0.15, 0.2) is 0 Å². The van der Waals surface area contributed by atoms with Crippen molar-refractivity contribution in [2.24, 2.45) is 11.3 Å². The lowest BCUT2D eigenvalue weighted by Gasteiger charge is -2.26. The highest BCUT2D eigenvalue weighted by Gasteiger charge is 2.61. The number of carbonyl (C=O) groups excluding carboxylic acids is 1. The Morgan fingerprint density at radius 2 is 2.00 bits per heavy atom. The number of rotatable bonds is 2. The molecule has 0 bridgehead atoms. The molecule has 0 aromatic rings. The van der Waals surface area contributed by atoms with Gasteiger partial charge in [-0.15, -0.1) is 0 Å². The topological polar surface area (TPSA) is 66.8 Å². The molecule has 1 saturated carbocycles. The molecule has 1 aliphatic heterocycles. The van der Waals surface area contributed by atoms with Crippen molar-refractivity contribution in [1.82, 2.24) is 4.90 Å². The van der Waals surface area contributed by atoms with Gasteiger partial charge in [-0.1, -0.05) is 13.3 Å². The van der Waals surface area contributed by atoms with Crippen LogP contribution in [0.3, 0.4) is 0 Å². The highest BCUT2D eigenvalue weighted by molar-refractivity contribution is 5.81. The molecule has 1 spiro atoms. The Labute approximate surface area is 113 Å². The van der Waals surface area contributed by atoms with Gasteiger partial charge < -0.3 is 9.84 Å². The van der Waals surface area contributed by atoms with Crippen molar-refractivity contribution >= 4 is 12.1 Å². The largest absolute Gasteiger partial charge is 0.480 e. The summed E-state index contributed by atoms with van der Waals surface area (Å²) in [5.74, 6) is -0.369. The van der Waals surface area contributed by atoms with Crippen LogP contribution in [0.25, 0.3) is 0 Å². The first-order chi connectivity index (χ1) is 8.68. The van der Waals surface area contributed by atoms with E-state index in [2.05, 4.69) is 6.92 Å². The third-order valence-corrected chi connectivity index (χ3v) is 4.23. The second-order valence-electron chi connectivity index (χ2n) is 6.84. The molecule has 1 saturated heterocycles. The monoisotopic (exact) mass is 269 g/mol. The van der Waals surface area contributed by atoms with Gasteiger partial charge in [-0.2, -0.15) is 0 Å². The molecule has 2 rings (SSSR count). The van der Waals surface area contributed by atoms with Gasteiger partial charge in [-0.05, 0) is 44.9 Å². The van der Waals surface area contributed by atoms with Crippen LogP contribution in [-0.4, -0.2) is 40.3 Å². The Hall–Kier alpha value is -1.26. The lowest BCUT2D eigenvalue weighted by atomic mass is 9.99. The number of likely N-dealkylation sites (tertiary alicyclic amines) is 1. The smallest absolute Gasteiger partial charge is 0.411 e. The highest BCUT2D eigenvalue weighted by Crippen LogP contribution is 2.61. The maximum Gasteiger partial charge on any atom is 0.411 e. The second kappa shape index (κ2) is 4.39. The molecule has 0 aromatic carbocycles. The number of carboxylic acids is 1. The standard InChI is InChI=1S/C14H23NO4/c1-5-9-6-14(9)7-10(11(16)17)15(8-14)12(18)19-13(2,3)4/h9-10H,5-8H2,1-4H3,(H,16,17)/t9-,10+,14-/m1/s1. The van der Waals surface area contributed by atoms with Crippen molar-refractivity contribution in [1.29, 1.82) is 0 Å². The van der Waals surface area contributed by atoms with E-state index in [0.29, 0.717) is 18.9 Å². The van der Waals surface area contributed by atoms with Gasteiger partial charge in [-0.25, -0.2) is 9.59 Å². The number of aliphatic carboxylic acids is 1. The van der Waals surface area contributed by atoms with Gasteiger partial charge in [0.1, 0.15) is 11.6 Å². The van der Waals surface area contributed by atoms with Gasteiger partial charge in [0, 0.05) is 6.54 Å². The van der Waals surface area contributed by atoms with E-state index in [1.54, 1.807) is 20.8 Å². The van der Waals surface area contributed by atoms with E-state index in [0.717, 1.165) is 12.8 Å². The molecule has 2 aliphatic rings. The number of ether oxygens (including phenoxy) is 1. The van der Waals surface area contributed by atoms with Crippen LogP contribution in [-0.2, 0) is 9.53 Å².